The van der Waals surface area contributed by atoms with Gasteiger partial charge in [-0.05, 0) is 56.1 Å². The Balaban J connectivity index is 2.45. The Morgan fingerprint density at radius 2 is 1.60 bits per heavy atom. The number of halogens is 4. The lowest BCUT2D eigenvalue weighted by Crippen LogP contribution is -1.84. The van der Waals surface area contributed by atoms with Gasteiger partial charge in [0.1, 0.15) is 11.4 Å². The Labute approximate surface area is 145 Å². The SMILES string of the molecule is Oc1c(Br)cc(Br)cc1C=Nc1cc(Cl)cc(Br)c1O. The van der Waals surface area contributed by atoms with E-state index in [0.29, 0.717) is 25.2 Å². The van der Waals surface area contributed by atoms with E-state index in [2.05, 4.69) is 52.8 Å². The maximum Gasteiger partial charge on any atom is 0.155 e. The molecule has 7 heteroatoms. The van der Waals surface area contributed by atoms with Gasteiger partial charge in [0.25, 0.3) is 0 Å². The average molecular weight is 484 g/mol. The van der Waals surface area contributed by atoms with Gasteiger partial charge in [-0.15, -0.1) is 0 Å². The Morgan fingerprint density at radius 3 is 2.30 bits per heavy atom. The highest BCUT2D eigenvalue weighted by Crippen LogP contribution is 2.37. The van der Waals surface area contributed by atoms with Gasteiger partial charge in [0.2, 0.25) is 0 Å². The van der Waals surface area contributed by atoms with Crippen LogP contribution in [0.2, 0.25) is 5.02 Å². The van der Waals surface area contributed by atoms with E-state index in [4.69, 9.17) is 11.6 Å². The first kappa shape index (κ1) is 15.8. The van der Waals surface area contributed by atoms with E-state index in [0.717, 1.165) is 4.47 Å². The minimum absolute atomic E-state index is 0.0146. The predicted octanol–water partition coefficient (Wildman–Crippen LogP) is 5.79. The number of nitrogens with zero attached hydrogens (tertiary/aromatic N) is 1. The topological polar surface area (TPSA) is 52.8 Å². The van der Waals surface area contributed by atoms with E-state index in [9.17, 15) is 10.2 Å². The summed E-state index contributed by atoms with van der Waals surface area (Å²) in [5.41, 5.74) is 0.807. The molecular weight excluding hydrogens is 477 g/mol. The third kappa shape index (κ3) is 3.55. The molecule has 0 spiro atoms. The zero-order valence-electron chi connectivity index (χ0n) is 9.74. The number of phenols is 2. The zero-order chi connectivity index (χ0) is 14.9. The lowest BCUT2D eigenvalue weighted by molar-refractivity contribution is 0.470. The Bertz CT molecular complexity index is 645. The van der Waals surface area contributed by atoms with Crippen LogP contribution in [-0.2, 0) is 0 Å². The summed E-state index contributed by atoms with van der Waals surface area (Å²) < 4.78 is 1.79. The molecule has 2 aromatic carbocycles. The number of aromatic hydroxyl groups is 2. The molecule has 0 heterocycles. The van der Waals surface area contributed by atoms with E-state index < -0.39 is 0 Å². The van der Waals surface area contributed by atoms with Crippen LogP contribution in [0.25, 0.3) is 0 Å². The first-order valence-corrected chi connectivity index (χ1v) is 8.04. The van der Waals surface area contributed by atoms with E-state index >= 15 is 0 Å². The molecule has 2 aromatic rings. The molecular formula is C13H7Br3ClNO2. The summed E-state index contributed by atoms with van der Waals surface area (Å²) in [6, 6.07) is 6.53. The maximum atomic E-state index is 9.92. The van der Waals surface area contributed by atoms with E-state index in [1.165, 1.54) is 12.3 Å². The standard InChI is InChI=1S/C13H7Br3ClNO2/c14-7-1-6(12(19)9(15)2-7)5-18-11-4-8(17)3-10(16)13(11)20/h1-5,19-20H. The summed E-state index contributed by atoms with van der Waals surface area (Å²) in [5, 5.41) is 20.2. The van der Waals surface area contributed by atoms with Crippen molar-refractivity contribution in [3.8, 4) is 11.5 Å². The summed E-state index contributed by atoms with van der Waals surface area (Å²) in [5.74, 6) is 0.0525. The van der Waals surface area contributed by atoms with Crippen LogP contribution in [0, 0.1) is 0 Å². The van der Waals surface area contributed by atoms with Crippen molar-refractivity contribution in [3.05, 3.63) is 48.3 Å². The van der Waals surface area contributed by atoms with Gasteiger partial charge >= 0.3 is 0 Å². The van der Waals surface area contributed by atoms with Gasteiger partial charge in [-0.3, -0.25) is 4.99 Å². The van der Waals surface area contributed by atoms with Gasteiger partial charge in [-0.2, -0.15) is 0 Å². The molecule has 0 fully saturated rings. The van der Waals surface area contributed by atoms with Crippen LogP contribution in [0.4, 0.5) is 5.69 Å². The minimum atomic E-state index is -0.0146. The molecule has 20 heavy (non-hydrogen) atoms. The van der Waals surface area contributed by atoms with Crippen molar-refractivity contribution in [2.45, 2.75) is 0 Å². The van der Waals surface area contributed by atoms with Crippen LogP contribution in [0.15, 0.2) is 42.7 Å². The lowest BCUT2D eigenvalue weighted by atomic mass is 10.2. The molecule has 0 amide bonds. The molecule has 0 atom stereocenters. The Hall–Kier alpha value is -0.560. The van der Waals surface area contributed by atoms with Gasteiger partial charge in [0, 0.05) is 21.3 Å². The second-order valence-electron chi connectivity index (χ2n) is 3.84. The largest absolute Gasteiger partial charge is 0.506 e. The molecule has 2 N–H and O–H groups in total. The summed E-state index contributed by atoms with van der Waals surface area (Å²) in [6.45, 7) is 0. The summed E-state index contributed by atoms with van der Waals surface area (Å²) in [4.78, 5) is 4.15. The van der Waals surface area contributed by atoms with Gasteiger partial charge in [-0.25, -0.2) is 0 Å². The van der Waals surface area contributed by atoms with E-state index in [1.807, 2.05) is 0 Å². The number of hydrogen-bond acceptors (Lipinski definition) is 3. The average Bonchev–Trinajstić information content (AvgIpc) is 2.37. The molecule has 0 saturated heterocycles. The molecule has 0 radical (unpaired) electrons. The van der Waals surface area contributed by atoms with Crippen molar-refractivity contribution in [3.63, 3.8) is 0 Å². The molecule has 3 nitrogen and oxygen atoms in total. The van der Waals surface area contributed by atoms with Crippen LogP contribution in [0.5, 0.6) is 11.5 Å². The molecule has 0 bridgehead atoms. The van der Waals surface area contributed by atoms with Crippen LogP contribution in [0.3, 0.4) is 0 Å². The fourth-order valence-electron chi connectivity index (χ4n) is 1.47. The highest BCUT2D eigenvalue weighted by molar-refractivity contribution is 9.11. The van der Waals surface area contributed by atoms with Gasteiger partial charge in [0.15, 0.2) is 5.75 Å². The highest BCUT2D eigenvalue weighted by Gasteiger charge is 2.08. The lowest BCUT2D eigenvalue weighted by Gasteiger charge is -2.04. The normalized spacial score (nSPS) is 11.2. The summed E-state index contributed by atoms with van der Waals surface area (Å²) in [7, 11) is 0. The smallest absolute Gasteiger partial charge is 0.155 e. The van der Waals surface area contributed by atoms with Crippen molar-refractivity contribution in [2.75, 3.05) is 0 Å². The predicted molar refractivity (Wildman–Crippen MR) is 91.6 cm³/mol. The van der Waals surface area contributed by atoms with Crippen molar-refractivity contribution < 1.29 is 10.2 Å². The minimum Gasteiger partial charge on any atom is -0.506 e. The van der Waals surface area contributed by atoms with E-state index in [-0.39, 0.29) is 11.5 Å². The third-order valence-corrected chi connectivity index (χ3v) is 4.29. The summed E-state index contributed by atoms with van der Waals surface area (Å²) >= 11 is 15.7. The van der Waals surface area contributed by atoms with Crippen LogP contribution in [-0.4, -0.2) is 16.4 Å². The quantitative estimate of drug-likeness (QED) is 0.531. The first-order chi connectivity index (χ1) is 9.38. The number of aliphatic imine (C=N–C) groups is 1. The molecule has 0 aliphatic rings. The van der Waals surface area contributed by atoms with Crippen molar-refractivity contribution in [1.82, 2.24) is 0 Å². The molecule has 104 valence electrons. The number of rotatable bonds is 2. The molecule has 0 aliphatic heterocycles. The molecule has 0 aliphatic carbocycles. The molecule has 0 unspecified atom stereocenters. The summed E-state index contributed by atoms with van der Waals surface area (Å²) in [6.07, 6.45) is 1.45. The van der Waals surface area contributed by atoms with Crippen molar-refractivity contribution in [1.29, 1.82) is 0 Å². The van der Waals surface area contributed by atoms with Crippen LogP contribution < -0.4 is 0 Å². The second kappa shape index (κ2) is 6.47. The van der Waals surface area contributed by atoms with Crippen molar-refractivity contribution >= 4 is 71.3 Å². The molecule has 0 saturated carbocycles. The van der Waals surface area contributed by atoms with E-state index in [1.54, 1.807) is 18.2 Å². The van der Waals surface area contributed by atoms with Gasteiger partial charge in [0.05, 0.1) is 8.95 Å². The van der Waals surface area contributed by atoms with Gasteiger partial charge in [-0.1, -0.05) is 27.5 Å². The Morgan fingerprint density at radius 1 is 0.950 bits per heavy atom. The fraction of sp³-hybridized carbons (Fsp3) is 0. The number of benzene rings is 2. The van der Waals surface area contributed by atoms with Gasteiger partial charge < -0.3 is 10.2 Å². The molecule has 0 aromatic heterocycles. The van der Waals surface area contributed by atoms with Crippen LogP contribution in [0.1, 0.15) is 5.56 Å². The highest BCUT2D eigenvalue weighted by atomic mass is 79.9. The van der Waals surface area contributed by atoms with Crippen molar-refractivity contribution in [2.24, 2.45) is 4.99 Å². The number of phenolic OH excluding ortho intramolecular Hbond substituents is 2. The van der Waals surface area contributed by atoms with Crippen LogP contribution >= 0.6 is 59.4 Å². The monoisotopic (exact) mass is 481 g/mol. The maximum absolute atomic E-state index is 9.92. The number of hydrogen-bond donors (Lipinski definition) is 2. The molecule has 2 rings (SSSR count). The Kier molecular flexibility index (Phi) is 5.12. The second-order valence-corrected chi connectivity index (χ2v) is 6.90. The fourth-order valence-corrected chi connectivity index (χ4v) is 3.53. The zero-order valence-corrected chi connectivity index (χ0v) is 15.3. The first-order valence-electron chi connectivity index (χ1n) is 5.28. The third-order valence-electron chi connectivity index (χ3n) is 2.41.